The Labute approximate surface area is 164 Å². The van der Waals surface area contributed by atoms with Crippen molar-refractivity contribution in [3.8, 4) is 5.75 Å². The van der Waals surface area contributed by atoms with Gasteiger partial charge in [-0.2, -0.15) is 0 Å². The van der Waals surface area contributed by atoms with Gasteiger partial charge in [-0.25, -0.2) is 0 Å². The van der Waals surface area contributed by atoms with E-state index in [1.807, 2.05) is 7.11 Å². The van der Waals surface area contributed by atoms with E-state index in [1.54, 1.807) is 11.1 Å². The summed E-state index contributed by atoms with van der Waals surface area (Å²) in [7, 11) is 1.83. The van der Waals surface area contributed by atoms with E-state index < -0.39 is 0 Å². The van der Waals surface area contributed by atoms with E-state index in [1.165, 1.54) is 69.3 Å². The average Bonchev–Trinajstić information content (AvgIpc) is 3.15. The second-order valence-corrected chi connectivity index (χ2v) is 8.27. The van der Waals surface area contributed by atoms with Gasteiger partial charge in [0, 0.05) is 19.0 Å². The third kappa shape index (κ3) is 3.91. The fourth-order valence-electron chi connectivity index (χ4n) is 5.28. The first-order valence-electron chi connectivity index (χ1n) is 10.7. The first kappa shape index (κ1) is 18.6. The number of hydrogen-bond acceptors (Lipinski definition) is 2. The fourth-order valence-corrected chi connectivity index (χ4v) is 5.28. The Morgan fingerprint density at radius 3 is 2.59 bits per heavy atom. The van der Waals surface area contributed by atoms with Gasteiger partial charge in [0.15, 0.2) is 0 Å². The number of likely N-dealkylation sites (N-methyl/N-ethyl adjacent to an activating group) is 1. The molecule has 144 valence electrons. The molecule has 1 saturated heterocycles. The van der Waals surface area contributed by atoms with E-state index >= 15 is 0 Å². The van der Waals surface area contributed by atoms with Crippen molar-refractivity contribution >= 4 is 0 Å². The number of methoxy groups -OCH3 is 1. The molecule has 0 saturated carbocycles. The van der Waals surface area contributed by atoms with Crippen molar-refractivity contribution in [2.75, 3.05) is 26.7 Å². The largest absolute Gasteiger partial charge is 0.496 e. The number of aryl methyl sites for hydroxylation is 2. The minimum Gasteiger partial charge on any atom is -0.496 e. The summed E-state index contributed by atoms with van der Waals surface area (Å²) in [6.45, 7) is 6.00. The molecule has 0 aromatic heterocycles. The van der Waals surface area contributed by atoms with Gasteiger partial charge in [0.1, 0.15) is 5.75 Å². The third-order valence-electron chi connectivity index (χ3n) is 6.73. The standard InChI is InChI=1S/C25H33NO/c1-3-26-17-21-13-15-22-24(27-2)16-14-20(25(22)23(21)18-26)12-8-7-11-19-9-5-4-6-10-19/h4-6,9-10,14,16,21,23H,3,7-8,11-13,15,17-18H2,1-2H3. The summed E-state index contributed by atoms with van der Waals surface area (Å²) in [5, 5.41) is 0. The molecule has 2 atom stereocenters. The van der Waals surface area contributed by atoms with Crippen LogP contribution in [0.15, 0.2) is 42.5 Å². The summed E-state index contributed by atoms with van der Waals surface area (Å²) >= 11 is 0. The van der Waals surface area contributed by atoms with Crippen molar-refractivity contribution in [2.24, 2.45) is 5.92 Å². The molecule has 27 heavy (non-hydrogen) atoms. The van der Waals surface area contributed by atoms with Gasteiger partial charge >= 0.3 is 0 Å². The van der Waals surface area contributed by atoms with Crippen LogP contribution in [0.4, 0.5) is 0 Å². The molecular weight excluding hydrogens is 330 g/mol. The molecule has 4 rings (SSSR count). The summed E-state index contributed by atoms with van der Waals surface area (Å²) in [6, 6.07) is 15.5. The molecule has 2 aromatic rings. The van der Waals surface area contributed by atoms with E-state index in [0.717, 1.165) is 11.7 Å². The summed E-state index contributed by atoms with van der Waals surface area (Å²) in [5.41, 5.74) is 6.22. The highest BCUT2D eigenvalue weighted by Crippen LogP contribution is 2.46. The maximum Gasteiger partial charge on any atom is 0.122 e. The molecule has 1 aliphatic carbocycles. The van der Waals surface area contributed by atoms with Crippen LogP contribution in [-0.2, 0) is 19.3 Å². The molecule has 1 heterocycles. The Bertz CT molecular complexity index is 754. The predicted molar refractivity (Wildman–Crippen MR) is 113 cm³/mol. The van der Waals surface area contributed by atoms with Crippen molar-refractivity contribution in [1.82, 2.24) is 4.90 Å². The number of nitrogens with zero attached hydrogens (tertiary/aromatic N) is 1. The van der Waals surface area contributed by atoms with Gasteiger partial charge in [-0.1, -0.05) is 43.3 Å². The Kier molecular flexibility index (Phi) is 5.83. The first-order chi connectivity index (χ1) is 13.3. The van der Waals surface area contributed by atoms with Gasteiger partial charge in [-0.3, -0.25) is 0 Å². The van der Waals surface area contributed by atoms with E-state index in [2.05, 4.69) is 54.3 Å². The molecule has 0 bridgehead atoms. The topological polar surface area (TPSA) is 12.5 Å². The monoisotopic (exact) mass is 363 g/mol. The minimum absolute atomic E-state index is 0.716. The summed E-state index contributed by atoms with van der Waals surface area (Å²) in [6.07, 6.45) is 7.43. The van der Waals surface area contributed by atoms with Crippen molar-refractivity contribution < 1.29 is 4.74 Å². The van der Waals surface area contributed by atoms with Gasteiger partial charge in [0.2, 0.25) is 0 Å². The van der Waals surface area contributed by atoms with Crippen molar-refractivity contribution in [1.29, 1.82) is 0 Å². The maximum absolute atomic E-state index is 5.74. The van der Waals surface area contributed by atoms with Crippen LogP contribution in [0.5, 0.6) is 5.75 Å². The Morgan fingerprint density at radius 1 is 1.00 bits per heavy atom. The van der Waals surface area contributed by atoms with Crippen LogP contribution in [0.25, 0.3) is 0 Å². The number of fused-ring (bicyclic) bond motifs is 3. The molecule has 0 amide bonds. The number of hydrogen-bond donors (Lipinski definition) is 0. The fraction of sp³-hybridized carbons (Fsp3) is 0.520. The summed E-state index contributed by atoms with van der Waals surface area (Å²) < 4.78 is 5.74. The van der Waals surface area contributed by atoms with Gasteiger partial charge in [-0.05, 0) is 79.3 Å². The van der Waals surface area contributed by atoms with Crippen molar-refractivity contribution in [2.45, 2.75) is 51.4 Å². The highest BCUT2D eigenvalue weighted by molar-refractivity contribution is 5.49. The molecule has 0 spiro atoms. The number of rotatable bonds is 7. The number of benzene rings is 2. The summed E-state index contributed by atoms with van der Waals surface area (Å²) in [5.74, 6) is 2.67. The SMILES string of the molecule is CCN1CC2CCc3c(OC)ccc(CCCCc4ccccc4)c3C2C1. The van der Waals surface area contributed by atoms with Gasteiger partial charge in [0.25, 0.3) is 0 Å². The highest BCUT2D eigenvalue weighted by atomic mass is 16.5. The average molecular weight is 364 g/mol. The zero-order chi connectivity index (χ0) is 18.6. The molecule has 2 aromatic carbocycles. The van der Waals surface area contributed by atoms with E-state index in [9.17, 15) is 0 Å². The lowest BCUT2D eigenvalue weighted by atomic mass is 9.74. The first-order valence-corrected chi connectivity index (χ1v) is 10.7. The van der Waals surface area contributed by atoms with Gasteiger partial charge in [0.05, 0.1) is 7.11 Å². The van der Waals surface area contributed by atoms with E-state index in [-0.39, 0.29) is 0 Å². The molecule has 0 N–H and O–H groups in total. The molecule has 1 aliphatic heterocycles. The molecule has 1 fully saturated rings. The van der Waals surface area contributed by atoms with E-state index in [0.29, 0.717) is 5.92 Å². The molecule has 0 radical (unpaired) electrons. The third-order valence-corrected chi connectivity index (χ3v) is 6.73. The second-order valence-electron chi connectivity index (χ2n) is 8.27. The lowest BCUT2D eigenvalue weighted by Crippen LogP contribution is -2.21. The van der Waals surface area contributed by atoms with Gasteiger partial charge < -0.3 is 9.64 Å². The van der Waals surface area contributed by atoms with Crippen LogP contribution in [0.2, 0.25) is 0 Å². The normalized spacial score (nSPS) is 21.7. The number of unbranched alkanes of at least 4 members (excludes halogenated alkanes) is 1. The van der Waals surface area contributed by atoms with E-state index in [4.69, 9.17) is 4.74 Å². The Balaban J connectivity index is 1.50. The Morgan fingerprint density at radius 2 is 1.81 bits per heavy atom. The molecule has 2 nitrogen and oxygen atoms in total. The zero-order valence-corrected chi connectivity index (χ0v) is 16.9. The molecule has 2 heteroatoms. The maximum atomic E-state index is 5.74. The quantitative estimate of drug-likeness (QED) is 0.624. The number of ether oxygens (including phenoxy) is 1. The second kappa shape index (κ2) is 8.48. The van der Waals surface area contributed by atoms with Crippen LogP contribution in [0, 0.1) is 5.92 Å². The number of likely N-dealkylation sites (tertiary alicyclic amines) is 1. The van der Waals surface area contributed by atoms with Crippen LogP contribution in [0.3, 0.4) is 0 Å². The van der Waals surface area contributed by atoms with Crippen LogP contribution >= 0.6 is 0 Å². The molecule has 2 unspecified atom stereocenters. The molecular formula is C25H33NO. The lowest BCUT2D eigenvalue weighted by molar-refractivity contribution is 0.338. The highest BCUT2D eigenvalue weighted by Gasteiger charge is 2.38. The van der Waals surface area contributed by atoms with Crippen molar-refractivity contribution in [3.63, 3.8) is 0 Å². The minimum atomic E-state index is 0.716. The van der Waals surface area contributed by atoms with Crippen LogP contribution < -0.4 is 4.74 Å². The van der Waals surface area contributed by atoms with Crippen molar-refractivity contribution in [3.05, 3.63) is 64.7 Å². The van der Waals surface area contributed by atoms with Crippen LogP contribution in [0.1, 0.15) is 54.4 Å². The smallest absolute Gasteiger partial charge is 0.122 e. The van der Waals surface area contributed by atoms with Gasteiger partial charge in [-0.15, -0.1) is 0 Å². The zero-order valence-electron chi connectivity index (χ0n) is 16.9. The Hall–Kier alpha value is -1.80. The summed E-state index contributed by atoms with van der Waals surface area (Å²) in [4.78, 5) is 2.64. The molecule has 2 aliphatic rings. The lowest BCUT2D eigenvalue weighted by Gasteiger charge is -2.31. The predicted octanol–water partition coefficient (Wildman–Crippen LogP) is 5.24. The van der Waals surface area contributed by atoms with Crippen LogP contribution in [-0.4, -0.2) is 31.6 Å².